The Labute approximate surface area is 117 Å². The molecule has 1 atom stereocenters. The molecule has 19 heavy (non-hydrogen) atoms. The first kappa shape index (κ1) is 13.9. The van der Waals surface area contributed by atoms with Crippen LogP contribution >= 0.6 is 0 Å². The Morgan fingerprint density at radius 3 is 2.21 bits per heavy atom. The Balaban J connectivity index is 2.33. The molecule has 0 bridgehead atoms. The fraction of sp³-hybridized carbons (Fsp3) is 0.368. The summed E-state index contributed by atoms with van der Waals surface area (Å²) in [7, 11) is 0. The van der Waals surface area contributed by atoms with Crippen LogP contribution in [0.25, 0.3) is 0 Å². The van der Waals surface area contributed by atoms with Crippen molar-refractivity contribution in [2.75, 3.05) is 0 Å². The third-order valence-electron chi connectivity index (χ3n) is 3.84. The van der Waals surface area contributed by atoms with Crippen LogP contribution in [-0.2, 0) is 6.42 Å². The lowest BCUT2D eigenvalue weighted by molar-refractivity contribution is 0.739. The highest BCUT2D eigenvalue weighted by molar-refractivity contribution is 5.38. The Bertz CT molecular complexity index is 484. The number of aryl methyl sites for hydroxylation is 1. The lowest BCUT2D eigenvalue weighted by Crippen LogP contribution is -2.04. The van der Waals surface area contributed by atoms with Crippen molar-refractivity contribution in [2.45, 2.75) is 45.4 Å². The van der Waals surface area contributed by atoms with E-state index in [9.17, 15) is 0 Å². The van der Waals surface area contributed by atoms with Gasteiger partial charge in [-0.05, 0) is 36.0 Å². The molecule has 0 aliphatic carbocycles. The van der Waals surface area contributed by atoms with Gasteiger partial charge in [0, 0.05) is 5.92 Å². The molecule has 2 rings (SSSR count). The van der Waals surface area contributed by atoms with Crippen LogP contribution in [-0.4, -0.2) is 0 Å². The molecule has 0 aromatic heterocycles. The molecule has 0 N–H and O–H groups in total. The summed E-state index contributed by atoms with van der Waals surface area (Å²) in [5.41, 5.74) is 4.48. The Morgan fingerprint density at radius 2 is 1.53 bits per heavy atom. The predicted molar refractivity (Wildman–Crippen MR) is 83.6 cm³/mol. The van der Waals surface area contributed by atoms with Crippen LogP contribution in [0, 0.1) is 0 Å². The van der Waals surface area contributed by atoms with Crippen molar-refractivity contribution in [1.29, 1.82) is 0 Å². The van der Waals surface area contributed by atoms with Gasteiger partial charge in [-0.15, -0.1) is 0 Å². The molecule has 2 aromatic carbocycles. The fourth-order valence-electron chi connectivity index (χ4n) is 2.79. The van der Waals surface area contributed by atoms with E-state index in [1.807, 2.05) is 0 Å². The Hall–Kier alpha value is -1.56. The normalized spacial score (nSPS) is 12.3. The van der Waals surface area contributed by atoms with Crippen LogP contribution in [0.1, 0.15) is 55.7 Å². The lowest BCUT2D eigenvalue weighted by Gasteiger charge is -2.19. The average molecular weight is 252 g/mol. The molecule has 100 valence electrons. The summed E-state index contributed by atoms with van der Waals surface area (Å²) in [4.78, 5) is 0. The molecule has 0 fully saturated rings. The van der Waals surface area contributed by atoms with Gasteiger partial charge in [0.15, 0.2) is 0 Å². The smallest absolute Gasteiger partial charge is 0.00894 e. The third kappa shape index (κ3) is 3.47. The van der Waals surface area contributed by atoms with Crippen LogP contribution in [0.5, 0.6) is 0 Å². The fourth-order valence-corrected chi connectivity index (χ4v) is 2.79. The van der Waals surface area contributed by atoms with Gasteiger partial charge in [0.05, 0.1) is 0 Å². The molecule has 0 heteroatoms. The first-order chi connectivity index (χ1) is 9.36. The quantitative estimate of drug-likeness (QED) is 0.630. The molecule has 0 saturated heterocycles. The summed E-state index contributed by atoms with van der Waals surface area (Å²) in [5.74, 6) is 0.536. The molecule has 0 heterocycles. The summed E-state index contributed by atoms with van der Waals surface area (Å²) in [6, 6.07) is 19.9. The molecule has 0 amide bonds. The van der Waals surface area contributed by atoms with Gasteiger partial charge < -0.3 is 0 Å². The maximum atomic E-state index is 2.31. The van der Waals surface area contributed by atoms with E-state index < -0.39 is 0 Å². The van der Waals surface area contributed by atoms with E-state index in [0.29, 0.717) is 5.92 Å². The van der Waals surface area contributed by atoms with Gasteiger partial charge >= 0.3 is 0 Å². The molecule has 0 aliphatic rings. The van der Waals surface area contributed by atoms with Crippen LogP contribution in [0.4, 0.5) is 0 Å². The average Bonchev–Trinajstić information content (AvgIpc) is 2.48. The second kappa shape index (κ2) is 7.13. The summed E-state index contributed by atoms with van der Waals surface area (Å²) >= 11 is 0. The number of hydrogen-bond acceptors (Lipinski definition) is 0. The molecule has 0 saturated carbocycles. The highest BCUT2D eigenvalue weighted by Crippen LogP contribution is 2.30. The van der Waals surface area contributed by atoms with Gasteiger partial charge in [-0.3, -0.25) is 0 Å². The van der Waals surface area contributed by atoms with Crippen LogP contribution < -0.4 is 0 Å². The highest BCUT2D eigenvalue weighted by Gasteiger charge is 2.14. The van der Waals surface area contributed by atoms with E-state index >= 15 is 0 Å². The van der Waals surface area contributed by atoms with Crippen molar-refractivity contribution in [2.24, 2.45) is 0 Å². The minimum atomic E-state index is 0.536. The van der Waals surface area contributed by atoms with Gasteiger partial charge in [0.1, 0.15) is 0 Å². The van der Waals surface area contributed by atoms with Gasteiger partial charge in [0.2, 0.25) is 0 Å². The Kier molecular flexibility index (Phi) is 5.20. The minimum Gasteiger partial charge on any atom is -0.0654 e. The van der Waals surface area contributed by atoms with E-state index in [1.165, 1.54) is 36.0 Å². The monoisotopic (exact) mass is 252 g/mol. The van der Waals surface area contributed by atoms with Crippen molar-refractivity contribution in [3.63, 3.8) is 0 Å². The zero-order chi connectivity index (χ0) is 13.5. The minimum absolute atomic E-state index is 0.536. The summed E-state index contributed by atoms with van der Waals surface area (Å²) in [6.45, 7) is 4.55. The van der Waals surface area contributed by atoms with Crippen molar-refractivity contribution < 1.29 is 0 Å². The standard InChI is InChI=1S/C19H24/c1-3-5-11-17-14-9-10-15-19(17)18(4-2)16-12-7-6-8-13-16/h6-10,12-15,18H,3-5,11H2,1-2H3. The zero-order valence-corrected chi connectivity index (χ0v) is 12.1. The topological polar surface area (TPSA) is 0 Å². The number of benzene rings is 2. The first-order valence-corrected chi connectivity index (χ1v) is 7.49. The summed E-state index contributed by atoms with van der Waals surface area (Å²) < 4.78 is 0. The summed E-state index contributed by atoms with van der Waals surface area (Å²) in [6.07, 6.45) is 4.90. The van der Waals surface area contributed by atoms with Crippen LogP contribution in [0.3, 0.4) is 0 Å². The summed E-state index contributed by atoms with van der Waals surface area (Å²) in [5, 5.41) is 0. The van der Waals surface area contributed by atoms with Crippen LogP contribution in [0.2, 0.25) is 0 Å². The van der Waals surface area contributed by atoms with Gasteiger partial charge in [-0.2, -0.15) is 0 Å². The van der Waals surface area contributed by atoms with Crippen molar-refractivity contribution in [3.05, 3.63) is 71.3 Å². The second-order valence-corrected chi connectivity index (χ2v) is 5.17. The van der Waals surface area contributed by atoms with E-state index in [1.54, 1.807) is 0 Å². The molecule has 0 nitrogen and oxygen atoms in total. The van der Waals surface area contributed by atoms with E-state index in [4.69, 9.17) is 0 Å². The molecule has 2 aromatic rings. The Morgan fingerprint density at radius 1 is 0.842 bits per heavy atom. The third-order valence-corrected chi connectivity index (χ3v) is 3.84. The SMILES string of the molecule is CCCCc1ccccc1C(CC)c1ccccc1. The van der Waals surface area contributed by atoms with Crippen molar-refractivity contribution >= 4 is 0 Å². The van der Waals surface area contributed by atoms with E-state index in [0.717, 1.165) is 6.42 Å². The number of unbranched alkanes of at least 4 members (excludes halogenated alkanes) is 1. The molecule has 0 aliphatic heterocycles. The van der Waals surface area contributed by atoms with Crippen molar-refractivity contribution in [3.8, 4) is 0 Å². The van der Waals surface area contributed by atoms with Gasteiger partial charge in [0.25, 0.3) is 0 Å². The van der Waals surface area contributed by atoms with E-state index in [-0.39, 0.29) is 0 Å². The molecular formula is C19H24. The first-order valence-electron chi connectivity index (χ1n) is 7.49. The lowest BCUT2D eigenvalue weighted by atomic mass is 9.85. The second-order valence-electron chi connectivity index (χ2n) is 5.17. The molecular weight excluding hydrogens is 228 g/mol. The maximum absolute atomic E-state index is 2.31. The zero-order valence-electron chi connectivity index (χ0n) is 12.1. The van der Waals surface area contributed by atoms with E-state index in [2.05, 4.69) is 68.4 Å². The number of hydrogen-bond donors (Lipinski definition) is 0. The van der Waals surface area contributed by atoms with Crippen LogP contribution in [0.15, 0.2) is 54.6 Å². The number of rotatable bonds is 6. The van der Waals surface area contributed by atoms with Gasteiger partial charge in [-0.1, -0.05) is 74.9 Å². The maximum Gasteiger partial charge on any atom is 0.00894 e. The molecule has 0 spiro atoms. The molecule has 0 radical (unpaired) electrons. The van der Waals surface area contributed by atoms with Crippen molar-refractivity contribution in [1.82, 2.24) is 0 Å². The van der Waals surface area contributed by atoms with Gasteiger partial charge in [-0.25, -0.2) is 0 Å². The molecule has 1 unspecified atom stereocenters. The highest BCUT2D eigenvalue weighted by atomic mass is 14.2. The predicted octanol–water partition coefficient (Wildman–Crippen LogP) is 5.57. The largest absolute Gasteiger partial charge is 0.0654 e.